The summed E-state index contributed by atoms with van der Waals surface area (Å²) in [4.78, 5) is 6.93. The van der Waals surface area contributed by atoms with Gasteiger partial charge in [-0.25, -0.2) is 0 Å². The van der Waals surface area contributed by atoms with E-state index in [4.69, 9.17) is 4.74 Å². The Morgan fingerprint density at radius 3 is 2.54 bits per heavy atom. The molecule has 0 radical (unpaired) electrons. The van der Waals surface area contributed by atoms with Gasteiger partial charge in [0, 0.05) is 31.5 Å². The molecule has 2 heterocycles. The van der Waals surface area contributed by atoms with Crippen LogP contribution in [-0.2, 0) is 11.3 Å². The second-order valence-electron chi connectivity index (χ2n) is 6.73. The largest absolute Gasteiger partial charge is 0.377 e. The van der Waals surface area contributed by atoms with E-state index >= 15 is 0 Å². The van der Waals surface area contributed by atoms with Crippen LogP contribution in [0.25, 0.3) is 0 Å². The average molecular weight is 325 g/mol. The standard InChI is InChI=1S/C20H27N3O/c1-15-12-23(13-16(2)24-15)14-18-8-4-5-10-20(18)22-17(3)19-9-6-7-11-21-19/h4-11,15-17,22H,12-14H2,1-3H3/t15-,16-,17+/m1/s1. The van der Waals surface area contributed by atoms with Crippen molar-refractivity contribution in [3.8, 4) is 0 Å². The van der Waals surface area contributed by atoms with Crippen LogP contribution in [-0.4, -0.2) is 35.2 Å². The van der Waals surface area contributed by atoms with Gasteiger partial charge < -0.3 is 10.1 Å². The number of hydrogen-bond donors (Lipinski definition) is 1. The number of nitrogens with zero attached hydrogens (tertiary/aromatic N) is 2. The normalized spacial score (nSPS) is 23.0. The van der Waals surface area contributed by atoms with Gasteiger partial charge in [0.2, 0.25) is 0 Å². The molecule has 3 rings (SSSR count). The Labute approximate surface area is 144 Å². The lowest BCUT2D eigenvalue weighted by atomic mass is 10.1. The van der Waals surface area contributed by atoms with Crippen molar-refractivity contribution in [3.63, 3.8) is 0 Å². The monoisotopic (exact) mass is 325 g/mol. The molecule has 0 unspecified atom stereocenters. The van der Waals surface area contributed by atoms with Gasteiger partial charge in [-0.05, 0) is 44.5 Å². The molecule has 2 aromatic rings. The fourth-order valence-electron chi connectivity index (χ4n) is 3.39. The maximum absolute atomic E-state index is 5.84. The van der Waals surface area contributed by atoms with Gasteiger partial charge in [0.1, 0.15) is 0 Å². The van der Waals surface area contributed by atoms with Crippen LogP contribution in [0, 0.1) is 0 Å². The third-order valence-electron chi connectivity index (χ3n) is 4.41. The van der Waals surface area contributed by atoms with Crippen molar-refractivity contribution >= 4 is 5.69 Å². The number of rotatable bonds is 5. The first-order valence-electron chi connectivity index (χ1n) is 8.75. The van der Waals surface area contributed by atoms with Crippen molar-refractivity contribution in [1.29, 1.82) is 0 Å². The molecule has 128 valence electrons. The summed E-state index contributed by atoms with van der Waals surface area (Å²) in [5, 5.41) is 3.62. The molecule has 1 saturated heterocycles. The summed E-state index contributed by atoms with van der Waals surface area (Å²) in [6.07, 6.45) is 2.43. The highest BCUT2D eigenvalue weighted by atomic mass is 16.5. The van der Waals surface area contributed by atoms with E-state index in [1.807, 2.05) is 18.3 Å². The lowest BCUT2D eigenvalue weighted by Crippen LogP contribution is -2.44. The summed E-state index contributed by atoms with van der Waals surface area (Å²) in [5.41, 5.74) is 3.56. The molecule has 1 N–H and O–H groups in total. The van der Waals surface area contributed by atoms with E-state index in [1.54, 1.807) is 0 Å². The molecule has 1 aromatic heterocycles. The molecular weight excluding hydrogens is 298 g/mol. The smallest absolute Gasteiger partial charge is 0.0678 e. The fraction of sp³-hybridized carbons (Fsp3) is 0.450. The lowest BCUT2D eigenvalue weighted by molar-refractivity contribution is -0.0704. The van der Waals surface area contributed by atoms with Crippen LogP contribution in [0.15, 0.2) is 48.7 Å². The maximum atomic E-state index is 5.84. The molecule has 1 fully saturated rings. The molecule has 3 atom stereocenters. The van der Waals surface area contributed by atoms with Gasteiger partial charge in [0.25, 0.3) is 0 Å². The second-order valence-corrected chi connectivity index (χ2v) is 6.73. The Morgan fingerprint density at radius 1 is 1.12 bits per heavy atom. The predicted molar refractivity (Wildman–Crippen MR) is 98.0 cm³/mol. The topological polar surface area (TPSA) is 37.4 Å². The van der Waals surface area contributed by atoms with E-state index in [0.29, 0.717) is 12.2 Å². The number of nitrogens with one attached hydrogen (secondary N) is 1. The fourth-order valence-corrected chi connectivity index (χ4v) is 3.39. The SMILES string of the molecule is C[C@@H]1CN(Cc2ccccc2N[C@@H](C)c2ccccn2)C[C@@H](C)O1. The quantitative estimate of drug-likeness (QED) is 0.906. The van der Waals surface area contributed by atoms with Gasteiger partial charge in [-0.15, -0.1) is 0 Å². The molecule has 0 aliphatic carbocycles. The molecular formula is C20H27N3O. The first-order chi connectivity index (χ1) is 11.6. The number of benzene rings is 1. The van der Waals surface area contributed by atoms with Crippen LogP contribution in [0.1, 0.15) is 38.1 Å². The molecule has 24 heavy (non-hydrogen) atoms. The zero-order valence-corrected chi connectivity index (χ0v) is 14.8. The molecule has 4 heteroatoms. The summed E-state index contributed by atoms with van der Waals surface area (Å²) in [7, 11) is 0. The van der Waals surface area contributed by atoms with E-state index in [9.17, 15) is 0 Å². The average Bonchev–Trinajstić information content (AvgIpc) is 2.56. The second kappa shape index (κ2) is 7.77. The number of hydrogen-bond acceptors (Lipinski definition) is 4. The zero-order valence-electron chi connectivity index (χ0n) is 14.8. The summed E-state index contributed by atoms with van der Waals surface area (Å²) >= 11 is 0. The first-order valence-corrected chi connectivity index (χ1v) is 8.75. The van der Waals surface area contributed by atoms with Gasteiger partial charge in [-0.3, -0.25) is 9.88 Å². The number of pyridine rings is 1. The van der Waals surface area contributed by atoms with E-state index in [0.717, 1.165) is 25.3 Å². The van der Waals surface area contributed by atoms with E-state index in [-0.39, 0.29) is 6.04 Å². The third kappa shape index (κ3) is 4.34. The number of para-hydroxylation sites is 1. The van der Waals surface area contributed by atoms with Gasteiger partial charge in [0.05, 0.1) is 23.9 Å². The minimum absolute atomic E-state index is 0.176. The van der Waals surface area contributed by atoms with Crippen LogP contribution < -0.4 is 5.32 Å². The Balaban J connectivity index is 1.71. The van der Waals surface area contributed by atoms with Crippen molar-refractivity contribution in [1.82, 2.24) is 9.88 Å². The Morgan fingerprint density at radius 2 is 1.83 bits per heavy atom. The summed E-state index contributed by atoms with van der Waals surface area (Å²) in [6.45, 7) is 9.35. The molecule has 4 nitrogen and oxygen atoms in total. The maximum Gasteiger partial charge on any atom is 0.0678 e. The number of aromatic nitrogens is 1. The van der Waals surface area contributed by atoms with Crippen molar-refractivity contribution in [2.45, 2.75) is 45.6 Å². The van der Waals surface area contributed by atoms with Crippen LogP contribution >= 0.6 is 0 Å². The summed E-state index contributed by atoms with van der Waals surface area (Å²) in [6, 6.07) is 14.8. The zero-order chi connectivity index (χ0) is 16.9. The number of morpholine rings is 1. The van der Waals surface area contributed by atoms with Crippen molar-refractivity contribution in [3.05, 3.63) is 59.9 Å². The van der Waals surface area contributed by atoms with Gasteiger partial charge in [-0.2, -0.15) is 0 Å². The Hall–Kier alpha value is -1.91. The Bertz CT molecular complexity index is 636. The van der Waals surface area contributed by atoms with Crippen LogP contribution in [0.4, 0.5) is 5.69 Å². The summed E-state index contributed by atoms with van der Waals surface area (Å²) < 4.78 is 5.84. The number of ether oxygens (including phenoxy) is 1. The highest BCUT2D eigenvalue weighted by Crippen LogP contribution is 2.24. The summed E-state index contributed by atoms with van der Waals surface area (Å²) in [5.74, 6) is 0. The Kier molecular flexibility index (Phi) is 5.48. The third-order valence-corrected chi connectivity index (χ3v) is 4.41. The minimum Gasteiger partial charge on any atom is -0.377 e. The molecule has 0 amide bonds. The molecule has 1 aromatic carbocycles. The minimum atomic E-state index is 0.176. The predicted octanol–water partition coefficient (Wildman–Crippen LogP) is 3.86. The van der Waals surface area contributed by atoms with Gasteiger partial charge in [-0.1, -0.05) is 24.3 Å². The van der Waals surface area contributed by atoms with E-state index in [1.165, 1.54) is 11.3 Å². The highest BCUT2D eigenvalue weighted by molar-refractivity contribution is 5.52. The molecule has 0 bridgehead atoms. The van der Waals surface area contributed by atoms with Crippen molar-refractivity contribution in [2.75, 3.05) is 18.4 Å². The van der Waals surface area contributed by atoms with Crippen molar-refractivity contribution < 1.29 is 4.74 Å². The van der Waals surface area contributed by atoms with Crippen LogP contribution in [0.3, 0.4) is 0 Å². The molecule has 1 aliphatic heterocycles. The van der Waals surface area contributed by atoms with Gasteiger partial charge in [0.15, 0.2) is 0 Å². The number of anilines is 1. The highest BCUT2D eigenvalue weighted by Gasteiger charge is 2.22. The lowest BCUT2D eigenvalue weighted by Gasteiger charge is -2.35. The van der Waals surface area contributed by atoms with Crippen LogP contribution in [0.5, 0.6) is 0 Å². The molecule has 1 aliphatic rings. The first kappa shape index (κ1) is 16.9. The van der Waals surface area contributed by atoms with E-state index < -0.39 is 0 Å². The van der Waals surface area contributed by atoms with E-state index in [2.05, 4.69) is 66.3 Å². The van der Waals surface area contributed by atoms with Crippen LogP contribution in [0.2, 0.25) is 0 Å². The van der Waals surface area contributed by atoms with Crippen molar-refractivity contribution in [2.24, 2.45) is 0 Å². The molecule has 0 saturated carbocycles. The molecule has 0 spiro atoms. The van der Waals surface area contributed by atoms with Gasteiger partial charge >= 0.3 is 0 Å².